The Labute approximate surface area is 150 Å². The number of carbonyl (C=O) groups excluding carboxylic acids is 2. The zero-order valence-corrected chi connectivity index (χ0v) is 13.9. The summed E-state index contributed by atoms with van der Waals surface area (Å²) in [4.78, 5) is 28.5. The van der Waals surface area contributed by atoms with E-state index in [2.05, 4.69) is 10.3 Å². The van der Waals surface area contributed by atoms with Gasteiger partial charge in [0.1, 0.15) is 5.69 Å². The highest BCUT2D eigenvalue weighted by atomic mass is 16.2. The summed E-state index contributed by atoms with van der Waals surface area (Å²) in [5.41, 5.74) is 2.88. The molecular formula is C22H16N2O2. The summed E-state index contributed by atoms with van der Waals surface area (Å²) in [6.45, 7) is 0. The summed E-state index contributed by atoms with van der Waals surface area (Å²) >= 11 is 0. The summed E-state index contributed by atoms with van der Waals surface area (Å²) in [5.74, 6) is -0.410. The van der Waals surface area contributed by atoms with Gasteiger partial charge in [-0.05, 0) is 24.3 Å². The van der Waals surface area contributed by atoms with E-state index < -0.39 is 0 Å². The second kappa shape index (κ2) is 6.69. The van der Waals surface area contributed by atoms with Gasteiger partial charge in [-0.3, -0.25) is 9.59 Å². The third kappa shape index (κ3) is 3.00. The topological polar surface area (TPSA) is 62.0 Å². The van der Waals surface area contributed by atoms with Crippen LogP contribution < -0.4 is 5.32 Å². The Morgan fingerprint density at radius 2 is 1.46 bits per heavy atom. The van der Waals surface area contributed by atoms with Crippen LogP contribution >= 0.6 is 0 Å². The van der Waals surface area contributed by atoms with E-state index in [-0.39, 0.29) is 11.7 Å². The quantitative estimate of drug-likeness (QED) is 0.531. The molecule has 4 heteroatoms. The molecule has 4 rings (SSSR count). The lowest BCUT2D eigenvalue weighted by molar-refractivity contribution is 0.102. The van der Waals surface area contributed by atoms with E-state index in [9.17, 15) is 9.59 Å². The molecule has 1 aromatic heterocycles. The molecule has 0 fully saturated rings. The molecule has 0 saturated heterocycles. The Bertz CT molecular complexity index is 1060. The van der Waals surface area contributed by atoms with Crippen molar-refractivity contribution in [2.45, 2.75) is 0 Å². The number of rotatable bonds is 4. The summed E-state index contributed by atoms with van der Waals surface area (Å²) in [7, 11) is 0. The largest absolute Gasteiger partial charge is 0.351 e. The fourth-order valence-electron chi connectivity index (χ4n) is 2.92. The maximum absolute atomic E-state index is 12.8. The fraction of sp³-hybridized carbons (Fsp3) is 0. The lowest BCUT2D eigenvalue weighted by Gasteiger charge is -2.10. The van der Waals surface area contributed by atoms with Crippen molar-refractivity contribution in [1.82, 2.24) is 4.98 Å². The zero-order chi connectivity index (χ0) is 17.9. The monoisotopic (exact) mass is 340 g/mol. The molecule has 26 heavy (non-hydrogen) atoms. The summed E-state index contributed by atoms with van der Waals surface area (Å²) in [6.07, 6.45) is 0. The molecule has 0 saturated carbocycles. The van der Waals surface area contributed by atoms with Gasteiger partial charge in [0.25, 0.3) is 5.91 Å². The Morgan fingerprint density at radius 3 is 2.27 bits per heavy atom. The van der Waals surface area contributed by atoms with Crippen molar-refractivity contribution in [2.24, 2.45) is 0 Å². The molecule has 0 spiro atoms. The van der Waals surface area contributed by atoms with E-state index in [1.54, 1.807) is 42.5 Å². The van der Waals surface area contributed by atoms with Crippen LogP contribution in [0, 0.1) is 0 Å². The van der Waals surface area contributed by atoms with Crippen LogP contribution in [0.15, 0.2) is 84.9 Å². The highest BCUT2D eigenvalue weighted by Gasteiger charge is 2.16. The molecule has 1 heterocycles. The van der Waals surface area contributed by atoms with Crippen molar-refractivity contribution in [3.8, 4) is 0 Å². The molecule has 0 bridgehead atoms. The van der Waals surface area contributed by atoms with Crippen LogP contribution in [0.3, 0.4) is 0 Å². The van der Waals surface area contributed by atoms with E-state index in [1.165, 1.54) is 0 Å². The molecule has 126 valence electrons. The van der Waals surface area contributed by atoms with Gasteiger partial charge in [0, 0.05) is 22.0 Å². The zero-order valence-electron chi connectivity index (χ0n) is 13.9. The minimum atomic E-state index is -0.283. The van der Waals surface area contributed by atoms with Crippen LogP contribution in [-0.4, -0.2) is 16.7 Å². The predicted octanol–water partition coefficient (Wildman–Crippen LogP) is 4.65. The van der Waals surface area contributed by atoms with Gasteiger partial charge in [0.05, 0.1) is 5.69 Å². The molecule has 2 N–H and O–H groups in total. The maximum atomic E-state index is 12.8. The van der Waals surface area contributed by atoms with Gasteiger partial charge in [-0.15, -0.1) is 0 Å². The van der Waals surface area contributed by atoms with Crippen LogP contribution in [0.1, 0.15) is 26.4 Å². The van der Waals surface area contributed by atoms with Crippen molar-refractivity contribution in [2.75, 3.05) is 5.32 Å². The number of hydrogen-bond donors (Lipinski definition) is 2. The number of anilines is 1. The first-order valence-electron chi connectivity index (χ1n) is 8.30. The van der Waals surface area contributed by atoms with E-state index >= 15 is 0 Å². The smallest absolute Gasteiger partial charge is 0.272 e. The normalized spacial score (nSPS) is 10.6. The first kappa shape index (κ1) is 15.8. The van der Waals surface area contributed by atoms with Crippen molar-refractivity contribution in [3.05, 3.63) is 102 Å². The first-order chi connectivity index (χ1) is 12.7. The average Bonchev–Trinajstić information content (AvgIpc) is 3.13. The Kier molecular flexibility index (Phi) is 4.07. The molecule has 0 unspecified atom stereocenters. The van der Waals surface area contributed by atoms with Gasteiger partial charge in [-0.1, -0.05) is 60.7 Å². The number of para-hydroxylation sites is 2. The first-order valence-corrected chi connectivity index (χ1v) is 8.30. The highest BCUT2D eigenvalue weighted by molar-refractivity contribution is 6.15. The SMILES string of the molecule is O=C(Nc1ccccc1C(=O)c1ccccc1)c1cc2ccccc2[nH]1. The number of carbonyl (C=O) groups is 2. The molecule has 4 nitrogen and oxygen atoms in total. The average molecular weight is 340 g/mol. The summed E-state index contributed by atoms with van der Waals surface area (Å²) < 4.78 is 0. The summed E-state index contributed by atoms with van der Waals surface area (Å²) in [5, 5.41) is 3.81. The van der Waals surface area contributed by atoms with E-state index in [1.807, 2.05) is 42.5 Å². The minimum Gasteiger partial charge on any atom is -0.351 e. The molecule has 0 atom stereocenters. The number of aromatic nitrogens is 1. The number of amides is 1. The molecular weight excluding hydrogens is 324 g/mol. The van der Waals surface area contributed by atoms with E-state index in [4.69, 9.17) is 0 Å². The Morgan fingerprint density at radius 1 is 0.769 bits per heavy atom. The maximum Gasteiger partial charge on any atom is 0.272 e. The van der Waals surface area contributed by atoms with Gasteiger partial charge in [-0.25, -0.2) is 0 Å². The Hall–Kier alpha value is -3.66. The molecule has 0 radical (unpaired) electrons. The Balaban J connectivity index is 1.64. The van der Waals surface area contributed by atoms with Gasteiger partial charge in [-0.2, -0.15) is 0 Å². The molecule has 0 aliphatic heterocycles. The number of H-pyrrole nitrogens is 1. The van der Waals surface area contributed by atoms with Crippen molar-refractivity contribution in [3.63, 3.8) is 0 Å². The molecule has 3 aromatic carbocycles. The third-order valence-electron chi connectivity index (χ3n) is 4.23. The van der Waals surface area contributed by atoms with Gasteiger partial charge >= 0.3 is 0 Å². The summed E-state index contributed by atoms with van der Waals surface area (Å²) in [6, 6.07) is 25.5. The van der Waals surface area contributed by atoms with Crippen LogP contribution in [0.4, 0.5) is 5.69 Å². The van der Waals surface area contributed by atoms with E-state index in [0.717, 1.165) is 10.9 Å². The van der Waals surface area contributed by atoms with Crippen molar-refractivity contribution in [1.29, 1.82) is 0 Å². The standard InChI is InChI=1S/C22H16N2O2/c25-21(15-8-2-1-3-9-15)17-11-5-7-13-19(17)24-22(26)20-14-16-10-4-6-12-18(16)23-20/h1-14,23H,(H,24,26). The van der Waals surface area contributed by atoms with Crippen LogP contribution in [-0.2, 0) is 0 Å². The molecule has 0 aliphatic rings. The highest BCUT2D eigenvalue weighted by Crippen LogP contribution is 2.21. The fourth-order valence-corrected chi connectivity index (χ4v) is 2.92. The number of ketones is 1. The number of benzene rings is 3. The number of hydrogen-bond acceptors (Lipinski definition) is 2. The lowest BCUT2D eigenvalue weighted by Crippen LogP contribution is -2.15. The van der Waals surface area contributed by atoms with Crippen molar-refractivity contribution >= 4 is 28.3 Å². The van der Waals surface area contributed by atoms with Crippen molar-refractivity contribution < 1.29 is 9.59 Å². The van der Waals surface area contributed by atoms with Gasteiger partial charge < -0.3 is 10.3 Å². The molecule has 0 aliphatic carbocycles. The second-order valence-corrected chi connectivity index (χ2v) is 5.97. The van der Waals surface area contributed by atoms with Gasteiger partial charge in [0.2, 0.25) is 0 Å². The molecule has 1 amide bonds. The predicted molar refractivity (Wildman–Crippen MR) is 103 cm³/mol. The second-order valence-electron chi connectivity index (χ2n) is 5.97. The van der Waals surface area contributed by atoms with Crippen LogP contribution in [0.2, 0.25) is 0 Å². The number of aromatic amines is 1. The van der Waals surface area contributed by atoms with Crippen LogP contribution in [0.5, 0.6) is 0 Å². The molecule has 4 aromatic rings. The van der Waals surface area contributed by atoms with Crippen LogP contribution in [0.25, 0.3) is 10.9 Å². The lowest BCUT2D eigenvalue weighted by atomic mass is 10.0. The van der Waals surface area contributed by atoms with E-state index in [0.29, 0.717) is 22.5 Å². The number of fused-ring (bicyclic) bond motifs is 1. The van der Waals surface area contributed by atoms with Gasteiger partial charge in [0.15, 0.2) is 5.78 Å². The number of nitrogens with one attached hydrogen (secondary N) is 2. The third-order valence-corrected chi connectivity index (χ3v) is 4.23. The minimum absolute atomic E-state index is 0.127.